The van der Waals surface area contributed by atoms with E-state index >= 15 is 0 Å². The molecule has 82 heavy (non-hydrogen) atoms. The van der Waals surface area contributed by atoms with Crippen molar-refractivity contribution in [1.82, 2.24) is 9.13 Å². The van der Waals surface area contributed by atoms with Crippen LogP contribution in [-0.4, -0.2) is 9.13 Å². The number of fused-ring (bicyclic) bond motifs is 16. The van der Waals surface area contributed by atoms with Crippen molar-refractivity contribution >= 4 is 65.2 Å². The largest absolute Gasteiger partial charge is 0.309 e. The summed E-state index contributed by atoms with van der Waals surface area (Å²) in [6, 6.07) is 100. The highest BCUT2D eigenvalue weighted by molar-refractivity contribution is 6.24. The van der Waals surface area contributed by atoms with Crippen LogP contribution in [0, 0.1) is 0 Å². The second kappa shape index (κ2) is 17.2. The van der Waals surface area contributed by atoms with E-state index in [0.29, 0.717) is 0 Å². The van der Waals surface area contributed by atoms with Gasteiger partial charge in [0.1, 0.15) is 0 Å². The lowest BCUT2D eigenvalue weighted by Gasteiger charge is -2.24. The van der Waals surface area contributed by atoms with E-state index in [0.717, 1.165) is 11.4 Å². The molecule has 2 heterocycles. The summed E-state index contributed by atoms with van der Waals surface area (Å²) in [6.07, 6.45) is 0. The summed E-state index contributed by atoms with van der Waals surface area (Å²) in [5.41, 5.74) is 27.0. The molecule has 0 radical (unpaired) electrons. The molecule has 0 saturated carbocycles. The van der Waals surface area contributed by atoms with Gasteiger partial charge < -0.3 is 9.13 Å². The van der Waals surface area contributed by atoms with Crippen molar-refractivity contribution in [1.29, 1.82) is 0 Å². The Balaban J connectivity index is 0.905. The average molecular weight is 1050 g/mol. The van der Waals surface area contributed by atoms with E-state index in [1.807, 2.05) is 0 Å². The van der Waals surface area contributed by atoms with Crippen molar-refractivity contribution in [2.45, 2.75) is 38.5 Å². The van der Waals surface area contributed by atoms with Crippen molar-refractivity contribution in [2.24, 2.45) is 0 Å². The van der Waals surface area contributed by atoms with E-state index in [1.165, 1.54) is 154 Å². The molecule has 17 rings (SSSR count). The first-order valence-corrected chi connectivity index (χ1v) is 28.9. The Bertz CT molecular complexity index is 4730. The second-order valence-electron chi connectivity index (χ2n) is 24.1. The number of nitrogens with zero attached hydrogens (tertiary/aromatic N) is 2. The maximum Gasteiger partial charge on any atom is 0.0547 e. The Morgan fingerprint density at radius 3 is 0.890 bits per heavy atom. The topological polar surface area (TPSA) is 9.86 Å². The fourth-order valence-electron chi connectivity index (χ4n) is 14.7. The van der Waals surface area contributed by atoms with Gasteiger partial charge in [0.2, 0.25) is 0 Å². The van der Waals surface area contributed by atoms with Gasteiger partial charge in [-0.25, -0.2) is 0 Å². The molecule has 13 aromatic carbocycles. The molecule has 0 aliphatic heterocycles. The molecule has 0 N–H and O–H groups in total. The maximum atomic E-state index is 2.59. The predicted octanol–water partition coefficient (Wildman–Crippen LogP) is 21.5. The van der Waals surface area contributed by atoms with Crippen LogP contribution in [-0.2, 0) is 10.8 Å². The van der Waals surface area contributed by atoms with Crippen LogP contribution in [0.5, 0.6) is 0 Å². The van der Waals surface area contributed by atoms with Crippen molar-refractivity contribution in [3.05, 3.63) is 289 Å². The smallest absolute Gasteiger partial charge is 0.0547 e. The minimum Gasteiger partial charge on any atom is -0.309 e. The number of hydrogen-bond donors (Lipinski definition) is 0. The summed E-state index contributed by atoms with van der Waals surface area (Å²) >= 11 is 0. The van der Waals surface area contributed by atoms with Gasteiger partial charge in [-0.3, -0.25) is 0 Å². The van der Waals surface area contributed by atoms with Crippen LogP contribution < -0.4 is 0 Å². The molecule has 2 aromatic heterocycles. The Hall–Kier alpha value is -10.0. The minimum atomic E-state index is -0.281. The molecule has 0 fully saturated rings. The lowest BCUT2D eigenvalue weighted by atomic mass is 9.79. The van der Waals surface area contributed by atoms with Crippen molar-refractivity contribution in [2.75, 3.05) is 0 Å². The first-order valence-electron chi connectivity index (χ1n) is 28.9. The van der Waals surface area contributed by atoms with E-state index in [2.05, 4.69) is 304 Å². The summed E-state index contributed by atoms with van der Waals surface area (Å²) in [6.45, 7) is 9.83. The van der Waals surface area contributed by atoms with Crippen LogP contribution in [0.2, 0.25) is 0 Å². The van der Waals surface area contributed by atoms with E-state index in [-0.39, 0.29) is 10.8 Å². The van der Waals surface area contributed by atoms with Gasteiger partial charge in [-0.05, 0) is 195 Å². The summed E-state index contributed by atoms with van der Waals surface area (Å²) < 4.78 is 5.11. The first-order chi connectivity index (χ1) is 40.2. The molecule has 2 heteroatoms. The third-order valence-electron chi connectivity index (χ3n) is 18.8. The Kier molecular flexibility index (Phi) is 9.85. The number of rotatable bonds is 6. The standard InChI is InChI=1S/C80H56N2/c1-79(2)69-43-64-66-48-76-68(78-62-32-20-18-30-54(62)34-36-74(78)82(76)60-41-57(51-25-13-7-14-26-51)38-58(42-60)52-27-15-8-16-28-52)46-72(66)80(3,4)70(64)44-63(69)65-47-75-67(45-71(65)79)77-61-31-19-17-29-53(61)33-35-73(77)81(75)59-39-55(49-21-9-5-10-22-49)37-56(40-59)50-23-11-6-12-24-50/h5-48H,1-4H3. The lowest BCUT2D eigenvalue weighted by Crippen LogP contribution is -2.17. The molecule has 2 nitrogen and oxygen atoms in total. The van der Waals surface area contributed by atoms with Crippen LogP contribution in [0.1, 0.15) is 49.9 Å². The highest BCUT2D eigenvalue weighted by atomic mass is 15.0. The number of benzene rings is 13. The van der Waals surface area contributed by atoms with Crippen LogP contribution in [0.25, 0.3) is 143 Å². The van der Waals surface area contributed by atoms with Crippen LogP contribution in [0.15, 0.2) is 267 Å². The summed E-state index contributed by atoms with van der Waals surface area (Å²) in [4.78, 5) is 0. The average Bonchev–Trinajstić information content (AvgIpc) is 2.39. The predicted molar refractivity (Wildman–Crippen MR) is 347 cm³/mol. The Morgan fingerprint density at radius 2 is 0.537 bits per heavy atom. The zero-order valence-electron chi connectivity index (χ0n) is 46.3. The zero-order valence-corrected chi connectivity index (χ0v) is 46.3. The Morgan fingerprint density at radius 1 is 0.232 bits per heavy atom. The van der Waals surface area contributed by atoms with E-state index in [4.69, 9.17) is 0 Å². The Labute approximate surface area is 477 Å². The summed E-state index contributed by atoms with van der Waals surface area (Å²) in [5.74, 6) is 0. The van der Waals surface area contributed by atoms with Crippen molar-refractivity contribution < 1.29 is 0 Å². The molecule has 2 aliphatic carbocycles. The molecule has 0 bridgehead atoms. The monoisotopic (exact) mass is 1040 g/mol. The van der Waals surface area contributed by atoms with Gasteiger partial charge in [-0.1, -0.05) is 210 Å². The molecule has 15 aromatic rings. The SMILES string of the molecule is CC1(C)c2cc3c(cc2-c2cc4c(cc21)c1c2ccccc2ccc1n4-c1cc(-c2ccccc2)cc(-c2ccccc2)c1)C(C)(C)c1cc2c4c5ccccc5ccc4n(-c4cc(-c5ccccc5)cc(-c5ccccc5)c4)c2cc1-3. The third kappa shape index (κ3) is 6.76. The van der Waals surface area contributed by atoms with E-state index < -0.39 is 0 Å². The van der Waals surface area contributed by atoms with Gasteiger partial charge in [-0.2, -0.15) is 0 Å². The van der Waals surface area contributed by atoms with Crippen LogP contribution in [0.4, 0.5) is 0 Å². The van der Waals surface area contributed by atoms with Gasteiger partial charge >= 0.3 is 0 Å². The maximum absolute atomic E-state index is 2.59. The quantitative estimate of drug-likeness (QED) is 0.157. The summed E-state index contributed by atoms with van der Waals surface area (Å²) in [7, 11) is 0. The van der Waals surface area contributed by atoms with Gasteiger partial charge in [0.05, 0.1) is 22.1 Å². The van der Waals surface area contributed by atoms with Crippen molar-refractivity contribution in [3.8, 4) is 78.1 Å². The van der Waals surface area contributed by atoms with Gasteiger partial charge in [0, 0.05) is 43.7 Å². The van der Waals surface area contributed by atoms with Gasteiger partial charge in [0.25, 0.3) is 0 Å². The molecule has 0 amide bonds. The second-order valence-corrected chi connectivity index (χ2v) is 24.1. The number of hydrogen-bond acceptors (Lipinski definition) is 0. The zero-order chi connectivity index (χ0) is 54.6. The van der Waals surface area contributed by atoms with Gasteiger partial charge in [-0.15, -0.1) is 0 Å². The van der Waals surface area contributed by atoms with Crippen LogP contribution in [0.3, 0.4) is 0 Å². The molecule has 0 spiro atoms. The number of aromatic nitrogens is 2. The molecule has 2 aliphatic rings. The van der Waals surface area contributed by atoms with E-state index in [1.54, 1.807) is 0 Å². The molecule has 0 unspecified atom stereocenters. The first kappa shape index (κ1) is 46.9. The van der Waals surface area contributed by atoms with Crippen molar-refractivity contribution in [3.63, 3.8) is 0 Å². The fourth-order valence-corrected chi connectivity index (χ4v) is 14.7. The lowest BCUT2D eigenvalue weighted by molar-refractivity contribution is 0.653. The molecule has 0 atom stereocenters. The van der Waals surface area contributed by atoms with E-state index in [9.17, 15) is 0 Å². The molecular formula is C80H56N2. The fraction of sp³-hybridized carbons (Fsp3) is 0.0750. The highest BCUT2D eigenvalue weighted by Gasteiger charge is 2.43. The van der Waals surface area contributed by atoms with Crippen LogP contribution >= 0.6 is 0 Å². The molecule has 386 valence electrons. The van der Waals surface area contributed by atoms with Gasteiger partial charge in [0.15, 0.2) is 0 Å². The summed E-state index contributed by atoms with van der Waals surface area (Å²) in [5, 5.41) is 10.2. The highest BCUT2D eigenvalue weighted by Crippen LogP contribution is 2.58. The third-order valence-corrected chi connectivity index (χ3v) is 18.8. The normalized spacial score (nSPS) is 13.8. The molecular weight excluding hydrogens is 989 g/mol. The minimum absolute atomic E-state index is 0.281. The molecule has 0 saturated heterocycles.